The molecular formula is C6H11FO. The van der Waals surface area contributed by atoms with Gasteiger partial charge in [-0.25, -0.2) is 4.39 Å². The number of aliphatic hydroxyl groups excluding tert-OH is 1. The smallest absolute Gasteiger partial charge is 0.100 e. The van der Waals surface area contributed by atoms with Crippen molar-refractivity contribution in [3.63, 3.8) is 0 Å². The van der Waals surface area contributed by atoms with E-state index in [1.165, 1.54) is 0 Å². The maximum atomic E-state index is 12.2. The van der Waals surface area contributed by atoms with Crippen molar-refractivity contribution >= 4 is 0 Å². The lowest BCUT2D eigenvalue weighted by Crippen LogP contribution is -2.18. The van der Waals surface area contributed by atoms with Crippen LogP contribution in [0.1, 0.15) is 25.7 Å². The predicted octanol–water partition coefficient (Wildman–Crippen LogP) is 1.26. The molecule has 1 N–H and O–H groups in total. The second kappa shape index (κ2) is 2.44. The lowest BCUT2D eigenvalue weighted by molar-refractivity contribution is 0.0940. The van der Waals surface area contributed by atoms with Gasteiger partial charge < -0.3 is 5.11 Å². The van der Waals surface area contributed by atoms with Crippen molar-refractivity contribution in [2.45, 2.75) is 38.0 Å². The van der Waals surface area contributed by atoms with E-state index in [-0.39, 0.29) is 6.10 Å². The van der Waals surface area contributed by atoms with E-state index in [2.05, 4.69) is 0 Å². The van der Waals surface area contributed by atoms with Crippen LogP contribution in [-0.4, -0.2) is 17.4 Å². The summed E-state index contributed by atoms with van der Waals surface area (Å²) in [4.78, 5) is 0. The highest BCUT2D eigenvalue weighted by Crippen LogP contribution is 2.20. The standard InChI is InChI=1S/C6H11FO/c7-5-1-3-6(8)4-2-5/h5-6,8H,1-4H2/t5-,6+. The van der Waals surface area contributed by atoms with Gasteiger partial charge in [0.1, 0.15) is 6.17 Å². The summed E-state index contributed by atoms with van der Waals surface area (Å²) in [6, 6.07) is 0. The zero-order chi connectivity index (χ0) is 5.98. The molecule has 1 rings (SSSR count). The highest BCUT2D eigenvalue weighted by molar-refractivity contribution is 4.69. The van der Waals surface area contributed by atoms with Gasteiger partial charge in [0.2, 0.25) is 0 Å². The van der Waals surface area contributed by atoms with Gasteiger partial charge in [-0.05, 0) is 25.7 Å². The molecule has 0 saturated heterocycles. The molecule has 0 heterocycles. The molecule has 1 fully saturated rings. The summed E-state index contributed by atoms with van der Waals surface area (Å²) in [6.45, 7) is 0. The fraction of sp³-hybridized carbons (Fsp3) is 1.00. The summed E-state index contributed by atoms with van der Waals surface area (Å²) in [5.41, 5.74) is 0. The maximum Gasteiger partial charge on any atom is 0.100 e. The molecule has 2 heteroatoms. The first-order chi connectivity index (χ1) is 3.79. The third kappa shape index (κ3) is 1.44. The molecule has 0 aromatic heterocycles. The number of hydrogen-bond acceptors (Lipinski definition) is 1. The first kappa shape index (κ1) is 6.02. The van der Waals surface area contributed by atoms with Crippen molar-refractivity contribution in [1.29, 1.82) is 0 Å². The maximum absolute atomic E-state index is 12.2. The quantitative estimate of drug-likeness (QED) is 0.507. The number of hydrogen-bond donors (Lipinski definition) is 1. The molecule has 48 valence electrons. The Kier molecular flexibility index (Phi) is 1.84. The highest BCUT2D eigenvalue weighted by atomic mass is 19.1. The minimum absolute atomic E-state index is 0.220. The van der Waals surface area contributed by atoms with Gasteiger partial charge in [-0.1, -0.05) is 0 Å². The molecule has 1 nitrogen and oxygen atoms in total. The van der Waals surface area contributed by atoms with E-state index in [1.807, 2.05) is 0 Å². The summed E-state index contributed by atoms with van der Waals surface area (Å²) in [6.07, 6.45) is 1.56. The van der Waals surface area contributed by atoms with Crippen molar-refractivity contribution < 1.29 is 9.50 Å². The molecule has 1 saturated carbocycles. The number of aliphatic hydroxyl groups is 1. The van der Waals surface area contributed by atoms with E-state index in [9.17, 15) is 4.39 Å². The molecule has 0 spiro atoms. The van der Waals surface area contributed by atoms with E-state index in [0.29, 0.717) is 25.7 Å². The molecule has 0 atom stereocenters. The average Bonchev–Trinajstić information content (AvgIpc) is 1.77. The molecular weight excluding hydrogens is 107 g/mol. The van der Waals surface area contributed by atoms with Gasteiger partial charge in [0.15, 0.2) is 0 Å². The van der Waals surface area contributed by atoms with Gasteiger partial charge in [0.05, 0.1) is 6.10 Å². The second-order valence-electron chi connectivity index (χ2n) is 2.41. The van der Waals surface area contributed by atoms with Gasteiger partial charge in [0, 0.05) is 0 Å². The van der Waals surface area contributed by atoms with Gasteiger partial charge in [-0.2, -0.15) is 0 Å². The van der Waals surface area contributed by atoms with Crippen LogP contribution in [0.25, 0.3) is 0 Å². The zero-order valence-corrected chi connectivity index (χ0v) is 4.81. The normalized spacial score (nSPS) is 39.8. The minimum Gasteiger partial charge on any atom is -0.393 e. The van der Waals surface area contributed by atoms with E-state index in [4.69, 9.17) is 5.11 Å². The second-order valence-corrected chi connectivity index (χ2v) is 2.41. The van der Waals surface area contributed by atoms with Crippen molar-refractivity contribution in [3.05, 3.63) is 0 Å². The van der Waals surface area contributed by atoms with Crippen molar-refractivity contribution in [2.24, 2.45) is 0 Å². The van der Waals surface area contributed by atoms with Crippen LogP contribution in [0.4, 0.5) is 4.39 Å². The lowest BCUT2D eigenvalue weighted by atomic mass is 9.96. The molecule has 1 aliphatic carbocycles. The van der Waals surface area contributed by atoms with Crippen LogP contribution in [0.5, 0.6) is 0 Å². The van der Waals surface area contributed by atoms with Gasteiger partial charge in [-0.15, -0.1) is 0 Å². The Morgan fingerprint density at radius 2 is 1.62 bits per heavy atom. The van der Waals surface area contributed by atoms with Gasteiger partial charge in [0.25, 0.3) is 0 Å². The Balaban J connectivity index is 2.19. The first-order valence-electron chi connectivity index (χ1n) is 3.11. The van der Waals surface area contributed by atoms with Crippen LogP contribution >= 0.6 is 0 Å². The molecule has 0 radical (unpaired) electrons. The molecule has 0 unspecified atom stereocenters. The van der Waals surface area contributed by atoms with Crippen LogP contribution in [0.15, 0.2) is 0 Å². The van der Waals surface area contributed by atoms with Crippen molar-refractivity contribution in [2.75, 3.05) is 0 Å². The molecule has 0 bridgehead atoms. The molecule has 8 heavy (non-hydrogen) atoms. The van der Waals surface area contributed by atoms with Crippen molar-refractivity contribution in [1.82, 2.24) is 0 Å². The first-order valence-corrected chi connectivity index (χ1v) is 3.11. The monoisotopic (exact) mass is 118 g/mol. The van der Waals surface area contributed by atoms with E-state index in [1.54, 1.807) is 0 Å². The van der Waals surface area contributed by atoms with Crippen LogP contribution in [-0.2, 0) is 0 Å². The fourth-order valence-electron chi connectivity index (χ4n) is 1.04. The summed E-state index contributed by atoms with van der Waals surface area (Å²) >= 11 is 0. The van der Waals surface area contributed by atoms with E-state index >= 15 is 0 Å². The highest BCUT2D eigenvalue weighted by Gasteiger charge is 2.17. The van der Waals surface area contributed by atoms with Crippen LogP contribution < -0.4 is 0 Å². The fourth-order valence-corrected chi connectivity index (χ4v) is 1.04. The predicted molar refractivity (Wildman–Crippen MR) is 29.4 cm³/mol. The SMILES string of the molecule is O[C@H]1CC[C@@H](F)CC1. The third-order valence-electron chi connectivity index (χ3n) is 1.63. The van der Waals surface area contributed by atoms with Crippen LogP contribution in [0, 0.1) is 0 Å². The molecule has 0 aliphatic heterocycles. The summed E-state index contributed by atoms with van der Waals surface area (Å²) in [5.74, 6) is 0. The number of rotatable bonds is 0. The topological polar surface area (TPSA) is 20.2 Å². The number of alkyl halides is 1. The summed E-state index contributed by atoms with van der Waals surface area (Å²) in [7, 11) is 0. The molecule has 0 aromatic rings. The Hall–Kier alpha value is -0.110. The van der Waals surface area contributed by atoms with E-state index < -0.39 is 6.17 Å². The van der Waals surface area contributed by atoms with E-state index in [0.717, 1.165) is 0 Å². The third-order valence-corrected chi connectivity index (χ3v) is 1.63. The Morgan fingerprint density at radius 1 is 1.12 bits per heavy atom. The summed E-state index contributed by atoms with van der Waals surface area (Å²) in [5, 5.41) is 8.86. The van der Waals surface area contributed by atoms with Gasteiger partial charge in [-0.3, -0.25) is 0 Å². The van der Waals surface area contributed by atoms with Gasteiger partial charge >= 0.3 is 0 Å². The molecule has 1 aliphatic rings. The Bertz CT molecular complexity index is 56.9. The number of halogens is 1. The van der Waals surface area contributed by atoms with Crippen LogP contribution in [0.2, 0.25) is 0 Å². The van der Waals surface area contributed by atoms with Crippen LogP contribution in [0.3, 0.4) is 0 Å². The average molecular weight is 118 g/mol. The molecule has 0 amide bonds. The minimum atomic E-state index is -0.640. The molecule has 0 aromatic carbocycles. The Morgan fingerprint density at radius 3 is 2.00 bits per heavy atom. The lowest BCUT2D eigenvalue weighted by Gasteiger charge is -2.18. The van der Waals surface area contributed by atoms with Crippen molar-refractivity contribution in [3.8, 4) is 0 Å². The largest absolute Gasteiger partial charge is 0.393 e. The Labute approximate surface area is 48.5 Å². The zero-order valence-electron chi connectivity index (χ0n) is 4.81. The summed E-state index contributed by atoms with van der Waals surface area (Å²) < 4.78 is 12.2.